The molecule has 10 aromatic carbocycles. The molecule has 0 atom stereocenters. The molecule has 2 heterocycles. The maximum atomic E-state index is 5.24. The van der Waals surface area contributed by atoms with Crippen molar-refractivity contribution in [2.24, 2.45) is 0 Å². The maximum absolute atomic E-state index is 5.24. The van der Waals surface area contributed by atoms with Crippen molar-refractivity contribution in [3.63, 3.8) is 0 Å². The minimum Gasteiger partial charge on any atom is -0.309 e. The fourth-order valence-corrected chi connectivity index (χ4v) is 9.10. The fraction of sp³-hybridized carbons (Fsp3) is 0. The molecule has 0 spiro atoms. The number of nitrogens with zero attached hydrogens (tertiary/aromatic N) is 3. The van der Waals surface area contributed by atoms with Gasteiger partial charge in [-0.25, -0.2) is 4.98 Å². The van der Waals surface area contributed by atoms with E-state index in [2.05, 4.69) is 211 Å². The lowest BCUT2D eigenvalue weighted by atomic mass is 9.96. The van der Waals surface area contributed by atoms with Gasteiger partial charge in [-0.3, -0.25) is 4.98 Å². The number of hydrogen-bond donors (Lipinski definition) is 0. The smallest absolute Gasteiger partial charge is 0.0979 e. The average molecular weight is 750 g/mol. The normalized spacial score (nSPS) is 11.7. The van der Waals surface area contributed by atoms with Crippen LogP contribution in [0.4, 0.5) is 0 Å². The summed E-state index contributed by atoms with van der Waals surface area (Å²) in [6.07, 6.45) is 1.92. The van der Waals surface area contributed by atoms with Crippen LogP contribution in [0.5, 0.6) is 0 Å². The number of rotatable bonds is 5. The summed E-state index contributed by atoms with van der Waals surface area (Å²) in [6.45, 7) is 0. The summed E-state index contributed by atoms with van der Waals surface area (Å²) in [6, 6.07) is 74.4. The monoisotopic (exact) mass is 749 g/mol. The molecule has 0 bridgehead atoms. The van der Waals surface area contributed by atoms with Crippen molar-refractivity contribution in [3.05, 3.63) is 212 Å². The Morgan fingerprint density at radius 1 is 0.305 bits per heavy atom. The van der Waals surface area contributed by atoms with E-state index in [4.69, 9.17) is 9.97 Å². The Kier molecular flexibility index (Phi) is 7.54. The van der Waals surface area contributed by atoms with Crippen LogP contribution in [0.15, 0.2) is 212 Å². The van der Waals surface area contributed by atoms with E-state index < -0.39 is 0 Å². The summed E-state index contributed by atoms with van der Waals surface area (Å²) in [5, 5.41) is 9.64. The van der Waals surface area contributed by atoms with Crippen LogP contribution in [0.3, 0.4) is 0 Å². The molecule has 274 valence electrons. The summed E-state index contributed by atoms with van der Waals surface area (Å²) in [5.41, 5.74) is 14.4. The van der Waals surface area contributed by atoms with Crippen LogP contribution in [0.25, 0.3) is 115 Å². The zero-order chi connectivity index (χ0) is 38.9. The maximum Gasteiger partial charge on any atom is 0.0979 e. The lowest BCUT2D eigenvalue weighted by molar-refractivity contribution is 1.19. The second-order valence-corrected chi connectivity index (χ2v) is 15.4. The lowest BCUT2D eigenvalue weighted by Crippen LogP contribution is -1.93. The zero-order valence-electron chi connectivity index (χ0n) is 32.0. The highest BCUT2D eigenvalue weighted by atomic mass is 15.0. The van der Waals surface area contributed by atoms with Gasteiger partial charge < -0.3 is 4.57 Å². The third-order valence-corrected chi connectivity index (χ3v) is 12.0. The standard InChI is InChI=1S/C56H35N3/c1-2-12-42-33-45(29-27-36(42)11-1)59-53-22-8-7-19-48(53)51-34-43(28-30-54(51)59)41-15-9-13-39(31-41)37-23-25-38(26-24-37)40-14-10-16-44(32-40)52-35-57-55-49-20-5-3-17-46(49)47-18-4-6-21-50(47)56(55)58-52/h1-35H. The Labute approximate surface area is 341 Å². The van der Waals surface area contributed by atoms with Crippen LogP contribution < -0.4 is 0 Å². The molecule has 0 aliphatic heterocycles. The topological polar surface area (TPSA) is 30.7 Å². The van der Waals surface area contributed by atoms with Gasteiger partial charge in [0.2, 0.25) is 0 Å². The minimum atomic E-state index is 0.865. The molecule has 2 aromatic heterocycles. The number of benzene rings is 10. The van der Waals surface area contributed by atoms with Crippen molar-refractivity contribution in [2.75, 3.05) is 0 Å². The molecular formula is C56H35N3. The molecular weight excluding hydrogens is 715 g/mol. The van der Waals surface area contributed by atoms with Gasteiger partial charge in [0.05, 0.1) is 34.0 Å². The first-order valence-corrected chi connectivity index (χ1v) is 20.1. The van der Waals surface area contributed by atoms with Crippen molar-refractivity contribution >= 4 is 65.2 Å². The third kappa shape index (κ3) is 5.51. The SMILES string of the molecule is c1cc(-c2ccc(-c3cccc(-c4cnc5c6ccccc6c6ccccc6c5n4)c3)cc2)cc(-c2ccc3c(c2)c2ccccc2n3-c2ccc3ccccc3c2)c1. The largest absolute Gasteiger partial charge is 0.309 e. The van der Waals surface area contributed by atoms with E-state index in [9.17, 15) is 0 Å². The molecule has 0 saturated heterocycles. The molecule has 0 radical (unpaired) electrons. The summed E-state index contributed by atoms with van der Waals surface area (Å²) < 4.78 is 2.40. The second-order valence-electron chi connectivity index (χ2n) is 15.4. The van der Waals surface area contributed by atoms with E-state index in [1.807, 2.05) is 6.20 Å². The highest BCUT2D eigenvalue weighted by Gasteiger charge is 2.15. The van der Waals surface area contributed by atoms with Gasteiger partial charge in [0.1, 0.15) is 0 Å². The van der Waals surface area contributed by atoms with Crippen LogP contribution in [0, 0.1) is 0 Å². The molecule has 3 nitrogen and oxygen atoms in total. The van der Waals surface area contributed by atoms with Gasteiger partial charge in [-0.2, -0.15) is 0 Å². The molecule has 0 amide bonds. The van der Waals surface area contributed by atoms with Crippen LogP contribution in [-0.4, -0.2) is 14.5 Å². The van der Waals surface area contributed by atoms with Crippen molar-refractivity contribution in [1.29, 1.82) is 0 Å². The van der Waals surface area contributed by atoms with Crippen molar-refractivity contribution < 1.29 is 0 Å². The highest BCUT2D eigenvalue weighted by Crippen LogP contribution is 2.38. The first-order valence-electron chi connectivity index (χ1n) is 20.1. The fourth-order valence-electron chi connectivity index (χ4n) is 9.10. The Bertz CT molecular complexity index is 3580. The quantitative estimate of drug-likeness (QED) is 0.164. The average Bonchev–Trinajstić information content (AvgIpc) is 3.65. The summed E-state index contributed by atoms with van der Waals surface area (Å²) in [7, 11) is 0. The molecule has 59 heavy (non-hydrogen) atoms. The van der Waals surface area contributed by atoms with Gasteiger partial charge in [-0.1, -0.05) is 164 Å². The molecule has 0 aliphatic carbocycles. The number of hydrogen-bond acceptors (Lipinski definition) is 2. The number of fused-ring (bicyclic) bond motifs is 10. The van der Waals surface area contributed by atoms with Gasteiger partial charge in [-0.15, -0.1) is 0 Å². The number of aromatic nitrogens is 3. The Morgan fingerprint density at radius 2 is 0.831 bits per heavy atom. The first kappa shape index (κ1) is 33.3. The molecule has 0 N–H and O–H groups in total. The first-order chi connectivity index (χ1) is 29.2. The van der Waals surface area contributed by atoms with Gasteiger partial charge in [-0.05, 0) is 97.4 Å². The third-order valence-electron chi connectivity index (χ3n) is 12.0. The summed E-state index contributed by atoms with van der Waals surface area (Å²) in [5.74, 6) is 0. The molecule has 12 aromatic rings. The Balaban J connectivity index is 0.868. The minimum absolute atomic E-state index is 0.865. The van der Waals surface area contributed by atoms with Crippen molar-refractivity contribution in [2.45, 2.75) is 0 Å². The zero-order valence-corrected chi connectivity index (χ0v) is 32.0. The van der Waals surface area contributed by atoms with Crippen LogP contribution in [-0.2, 0) is 0 Å². The molecule has 0 fully saturated rings. The Hall–Kier alpha value is -7.88. The number of para-hydroxylation sites is 1. The summed E-state index contributed by atoms with van der Waals surface area (Å²) in [4.78, 5) is 10.2. The molecule has 0 saturated carbocycles. The molecule has 0 unspecified atom stereocenters. The molecule has 12 rings (SSSR count). The second kappa shape index (κ2) is 13.4. The highest BCUT2D eigenvalue weighted by molar-refractivity contribution is 6.23. The van der Waals surface area contributed by atoms with Gasteiger partial charge >= 0.3 is 0 Å². The van der Waals surface area contributed by atoms with Crippen LogP contribution in [0.2, 0.25) is 0 Å². The van der Waals surface area contributed by atoms with Gasteiger partial charge in [0.15, 0.2) is 0 Å². The van der Waals surface area contributed by atoms with Crippen molar-refractivity contribution in [3.8, 4) is 50.3 Å². The predicted molar refractivity (Wildman–Crippen MR) is 248 cm³/mol. The van der Waals surface area contributed by atoms with Gasteiger partial charge in [0.25, 0.3) is 0 Å². The van der Waals surface area contributed by atoms with Gasteiger partial charge in [0, 0.05) is 32.8 Å². The summed E-state index contributed by atoms with van der Waals surface area (Å²) >= 11 is 0. The Morgan fingerprint density at radius 3 is 1.56 bits per heavy atom. The molecule has 3 heteroatoms. The molecule has 0 aliphatic rings. The van der Waals surface area contributed by atoms with Crippen LogP contribution >= 0.6 is 0 Å². The predicted octanol–water partition coefficient (Wildman–Crippen LogP) is 14.9. The van der Waals surface area contributed by atoms with E-state index >= 15 is 0 Å². The van der Waals surface area contributed by atoms with E-state index in [1.165, 1.54) is 71.3 Å². The van der Waals surface area contributed by atoms with E-state index in [1.54, 1.807) is 0 Å². The van der Waals surface area contributed by atoms with E-state index in [0.717, 1.165) is 44.2 Å². The lowest BCUT2D eigenvalue weighted by Gasteiger charge is -2.11. The van der Waals surface area contributed by atoms with Crippen molar-refractivity contribution in [1.82, 2.24) is 14.5 Å². The van der Waals surface area contributed by atoms with E-state index in [-0.39, 0.29) is 0 Å². The van der Waals surface area contributed by atoms with E-state index in [0.29, 0.717) is 0 Å². The van der Waals surface area contributed by atoms with Crippen LogP contribution in [0.1, 0.15) is 0 Å².